The summed E-state index contributed by atoms with van der Waals surface area (Å²) in [6.07, 6.45) is 2.51. The summed E-state index contributed by atoms with van der Waals surface area (Å²) in [5.74, 6) is 0.181. The van der Waals surface area contributed by atoms with E-state index in [1.165, 1.54) is 5.39 Å². The first kappa shape index (κ1) is 12.7. The summed E-state index contributed by atoms with van der Waals surface area (Å²) in [6.45, 7) is 0. The van der Waals surface area contributed by atoms with Crippen molar-refractivity contribution < 1.29 is 9.90 Å². The Hall–Kier alpha value is -2.36. The molecule has 2 N–H and O–H groups in total. The average Bonchev–Trinajstić information content (AvgIpc) is 2.44. The van der Waals surface area contributed by atoms with Crippen molar-refractivity contribution in [3.05, 3.63) is 36.4 Å². The highest BCUT2D eigenvalue weighted by Gasteiger charge is 2.13. The van der Waals surface area contributed by atoms with Gasteiger partial charge in [0.15, 0.2) is 0 Å². The molecule has 0 fully saturated rings. The molecule has 0 bridgehead atoms. The number of nitrogens with one attached hydrogen (secondary N) is 1. The predicted molar refractivity (Wildman–Crippen MR) is 80.8 cm³/mol. The number of carboxylic acids is 1. The van der Waals surface area contributed by atoms with Crippen LogP contribution in [0.4, 0.5) is 11.4 Å². The summed E-state index contributed by atoms with van der Waals surface area (Å²) in [4.78, 5) is 15.1. The molecule has 1 heterocycles. The zero-order valence-electron chi connectivity index (χ0n) is 11.1. The van der Waals surface area contributed by atoms with E-state index in [9.17, 15) is 4.79 Å². The number of carbonyl (C=O) groups is 1. The van der Waals surface area contributed by atoms with Crippen LogP contribution >= 0.6 is 0 Å². The maximum Gasteiger partial charge on any atom is 0.303 e. The molecular weight excluding hydrogens is 252 g/mol. The fourth-order valence-electron chi connectivity index (χ4n) is 2.53. The number of nitrogens with zero attached hydrogens (tertiary/aromatic N) is 1. The van der Waals surface area contributed by atoms with Crippen molar-refractivity contribution in [3.8, 4) is 0 Å². The quantitative estimate of drug-likeness (QED) is 0.807. The van der Waals surface area contributed by atoms with E-state index >= 15 is 0 Å². The molecule has 3 rings (SSSR count). The van der Waals surface area contributed by atoms with E-state index in [4.69, 9.17) is 5.11 Å². The van der Waals surface area contributed by atoms with E-state index in [0.717, 1.165) is 35.4 Å². The average molecular weight is 268 g/mol. The molecule has 1 aliphatic rings. The van der Waals surface area contributed by atoms with Gasteiger partial charge in [-0.2, -0.15) is 0 Å². The molecule has 0 atom stereocenters. The van der Waals surface area contributed by atoms with E-state index < -0.39 is 5.97 Å². The van der Waals surface area contributed by atoms with Crippen LogP contribution in [0, 0.1) is 0 Å². The third kappa shape index (κ3) is 2.50. The molecule has 0 spiro atoms. The van der Waals surface area contributed by atoms with Gasteiger partial charge in [0, 0.05) is 23.9 Å². The van der Waals surface area contributed by atoms with Crippen LogP contribution in [0.25, 0.3) is 10.8 Å². The molecule has 2 aromatic carbocycles. The van der Waals surface area contributed by atoms with Crippen LogP contribution in [0.2, 0.25) is 0 Å². The number of amidine groups is 1. The molecule has 2 aromatic rings. The summed E-state index contributed by atoms with van der Waals surface area (Å²) >= 11 is 0. The van der Waals surface area contributed by atoms with Gasteiger partial charge in [-0.25, -0.2) is 4.99 Å². The van der Waals surface area contributed by atoms with Crippen LogP contribution in [0.1, 0.15) is 25.7 Å². The number of unbranched alkanes of at least 4 members (excludes halogenated alkanes) is 1. The fourth-order valence-corrected chi connectivity index (χ4v) is 2.53. The van der Waals surface area contributed by atoms with Crippen LogP contribution < -0.4 is 5.32 Å². The Morgan fingerprint density at radius 1 is 1.15 bits per heavy atom. The summed E-state index contributed by atoms with van der Waals surface area (Å²) in [5, 5.41) is 14.3. The highest BCUT2D eigenvalue weighted by atomic mass is 16.4. The number of benzene rings is 2. The molecule has 4 heteroatoms. The molecule has 102 valence electrons. The van der Waals surface area contributed by atoms with Crippen LogP contribution in [-0.2, 0) is 4.79 Å². The molecule has 0 aliphatic carbocycles. The minimum absolute atomic E-state index is 0.222. The number of hydrogen-bond donors (Lipinski definition) is 2. The van der Waals surface area contributed by atoms with Gasteiger partial charge >= 0.3 is 5.97 Å². The van der Waals surface area contributed by atoms with Crippen molar-refractivity contribution in [1.29, 1.82) is 0 Å². The van der Waals surface area contributed by atoms with Crippen LogP contribution in [0.3, 0.4) is 0 Å². The van der Waals surface area contributed by atoms with E-state index in [2.05, 4.69) is 28.5 Å². The minimum atomic E-state index is -0.737. The van der Waals surface area contributed by atoms with Crippen molar-refractivity contribution in [1.82, 2.24) is 0 Å². The number of rotatable bonds is 5. The van der Waals surface area contributed by atoms with Gasteiger partial charge in [-0.3, -0.25) is 4.79 Å². The SMILES string of the molecule is O=C(O)CCCCC1=Nc2cccc3cccc(c23)N1. The highest BCUT2D eigenvalue weighted by molar-refractivity contribution is 6.13. The number of aliphatic carboxylic acids is 1. The number of anilines is 1. The Kier molecular flexibility index (Phi) is 3.37. The fraction of sp³-hybridized carbons (Fsp3) is 0.250. The molecule has 0 radical (unpaired) electrons. The van der Waals surface area contributed by atoms with Gasteiger partial charge in [0.1, 0.15) is 5.84 Å². The number of aliphatic imine (C=N–C) groups is 1. The third-order valence-corrected chi connectivity index (χ3v) is 3.47. The highest BCUT2D eigenvalue weighted by Crippen LogP contribution is 2.35. The number of carboxylic acid groups (broad SMARTS) is 1. The first-order valence-corrected chi connectivity index (χ1v) is 6.82. The van der Waals surface area contributed by atoms with E-state index in [0.29, 0.717) is 6.42 Å². The second kappa shape index (κ2) is 5.33. The van der Waals surface area contributed by atoms with Crippen molar-refractivity contribution in [2.24, 2.45) is 4.99 Å². The van der Waals surface area contributed by atoms with Gasteiger partial charge in [0.25, 0.3) is 0 Å². The molecule has 0 amide bonds. The summed E-state index contributed by atoms with van der Waals surface area (Å²) in [7, 11) is 0. The van der Waals surface area contributed by atoms with Gasteiger partial charge in [-0.15, -0.1) is 0 Å². The molecule has 20 heavy (non-hydrogen) atoms. The third-order valence-electron chi connectivity index (χ3n) is 3.47. The van der Waals surface area contributed by atoms with Crippen molar-refractivity contribution in [2.45, 2.75) is 25.7 Å². The molecule has 0 saturated carbocycles. The van der Waals surface area contributed by atoms with Gasteiger partial charge in [0.2, 0.25) is 0 Å². The zero-order chi connectivity index (χ0) is 13.9. The predicted octanol–water partition coefficient (Wildman–Crippen LogP) is 3.94. The lowest BCUT2D eigenvalue weighted by atomic mass is 10.0. The molecule has 1 aliphatic heterocycles. The van der Waals surface area contributed by atoms with E-state index in [-0.39, 0.29) is 6.42 Å². The summed E-state index contributed by atoms with van der Waals surface area (Å²) in [6, 6.07) is 12.3. The second-order valence-electron chi connectivity index (χ2n) is 4.97. The van der Waals surface area contributed by atoms with E-state index in [1.54, 1.807) is 0 Å². The molecule has 0 unspecified atom stereocenters. The molecule has 0 aromatic heterocycles. The van der Waals surface area contributed by atoms with Gasteiger partial charge in [0.05, 0.1) is 5.69 Å². The Bertz CT molecular complexity index is 687. The largest absolute Gasteiger partial charge is 0.481 e. The lowest BCUT2D eigenvalue weighted by Gasteiger charge is -2.18. The topological polar surface area (TPSA) is 61.7 Å². The van der Waals surface area contributed by atoms with E-state index in [1.807, 2.05) is 18.2 Å². The van der Waals surface area contributed by atoms with Gasteiger partial charge < -0.3 is 10.4 Å². The summed E-state index contributed by atoms with van der Waals surface area (Å²) < 4.78 is 0. The van der Waals surface area contributed by atoms with Gasteiger partial charge in [-0.1, -0.05) is 24.3 Å². The monoisotopic (exact) mass is 268 g/mol. The smallest absolute Gasteiger partial charge is 0.303 e. The lowest BCUT2D eigenvalue weighted by molar-refractivity contribution is -0.137. The molecule has 0 saturated heterocycles. The molecular formula is C16H16N2O2. The normalized spacial score (nSPS) is 12.9. The lowest BCUT2D eigenvalue weighted by Crippen LogP contribution is -2.14. The Labute approximate surface area is 117 Å². The van der Waals surface area contributed by atoms with Crippen LogP contribution in [0.15, 0.2) is 41.4 Å². The minimum Gasteiger partial charge on any atom is -0.481 e. The second-order valence-corrected chi connectivity index (χ2v) is 4.97. The van der Waals surface area contributed by atoms with Crippen molar-refractivity contribution >= 4 is 34.0 Å². The van der Waals surface area contributed by atoms with Crippen LogP contribution in [-0.4, -0.2) is 16.9 Å². The first-order chi connectivity index (χ1) is 9.74. The van der Waals surface area contributed by atoms with Crippen molar-refractivity contribution in [2.75, 3.05) is 5.32 Å². The number of hydrogen-bond acceptors (Lipinski definition) is 3. The van der Waals surface area contributed by atoms with Gasteiger partial charge in [-0.05, 0) is 30.4 Å². The zero-order valence-corrected chi connectivity index (χ0v) is 11.1. The summed E-state index contributed by atoms with van der Waals surface area (Å²) in [5.41, 5.74) is 2.08. The van der Waals surface area contributed by atoms with Crippen molar-refractivity contribution in [3.63, 3.8) is 0 Å². The molecule has 4 nitrogen and oxygen atoms in total. The maximum absolute atomic E-state index is 10.5. The Morgan fingerprint density at radius 2 is 1.95 bits per heavy atom. The first-order valence-electron chi connectivity index (χ1n) is 6.82. The Morgan fingerprint density at radius 3 is 2.75 bits per heavy atom. The standard InChI is InChI=1S/C16H16N2O2/c19-15(20)10-2-1-9-14-17-12-7-3-5-11-6-4-8-13(18-14)16(11)12/h3-8H,1-2,9-10H2,(H,17,18)(H,19,20). The maximum atomic E-state index is 10.5. The van der Waals surface area contributed by atoms with Crippen LogP contribution in [0.5, 0.6) is 0 Å². The Balaban J connectivity index is 1.78.